The van der Waals surface area contributed by atoms with E-state index in [1.54, 1.807) is 18.2 Å². The molecule has 0 fully saturated rings. The fraction of sp³-hybridized carbons (Fsp3) is 0.143. The molecule has 0 atom stereocenters. The molecule has 0 spiro atoms. The molecular formula is C7H6O2S. The second kappa shape index (κ2) is 2.09. The third-order valence-electron chi connectivity index (χ3n) is 1.41. The number of benzene rings is 1. The highest BCUT2D eigenvalue weighted by atomic mass is 32.2. The van der Waals surface area contributed by atoms with E-state index in [-0.39, 0.29) is 0 Å². The minimum absolute atomic E-state index is 0.310. The molecule has 1 aromatic carbocycles. The molecule has 0 unspecified atom stereocenters. The summed E-state index contributed by atoms with van der Waals surface area (Å²) >= 11 is 1.40. The molecule has 0 aliphatic carbocycles. The van der Waals surface area contributed by atoms with Crippen LogP contribution in [-0.2, 0) is 5.75 Å². The largest absolute Gasteiger partial charge is 0.508 e. The Morgan fingerprint density at radius 3 is 3.30 bits per heavy atom. The van der Waals surface area contributed by atoms with Crippen molar-refractivity contribution in [2.24, 2.45) is 0 Å². The van der Waals surface area contributed by atoms with Crippen LogP contribution in [0.4, 0.5) is 0 Å². The number of fused-ring (bicyclic) bond motifs is 1. The van der Waals surface area contributed by atoms with Crippen molar-refractivity contribution in [3.05, 3.63) is 23.8 Å². The van der Waals surface area contributed by atoms with Crippen molar-refractivity contribution in [2.75, 3.05) is 0 Å². The number of phenolic OH excluding ortho intramolecular Hbond substituents is 1. The maximum absolute atomic E-state index is 9.03. The van der Waals surface area contributed by atoms with Crippen LogP contribution in [0.2, 0.25) is 0 Å². The Balaban J connectivity index is 2.52. The highest BCUT2D eigenvalue weighted by Crippen LogP contribution is 2.35. The van der Waals surface area contributed by atoms with Gasteiger partial charge >= 0.3 is 0 Å². The Morgan fingerprint density at radius 1 is 1.50 bits per heavy atom. The normalized spacial score (nSPS) is 14.4. The topological polar surface area (TPSA) is 29.5 Å². The lowest BCUT2D eigenvalue weighted by Gasteiger charge is -1.95. The number of hydrogen-bond acceptors (Lipinski definition) is 3. The zero-order chi connectivity index (χ0) is 6.97. The standard InChI is InChI=1S/C7H6O2S/c8-6-1-2-7-5(3-6)4-10-9-7/h1-3,8H,4H2. The molecule has 1 heterocycles. The van der Waals surface area contributed by atoms with Gasteiger partial charge in [-0.05, 0) is 18.2 Å². The molecular weight excluding hydrogens is 148 g/mol. The Hall–Kier alpha value is -0.830. The molecule has 0 aromatic heterocycles. The van der Waals surface area contributed by atoms with E-state index in [0.717, 1.165) is 17.1 Å². The van der Waals surface area contributed by atoms with Crippen LogP contribution in [0, 0.1) is 0 Å². The highest BCUT2D eigenvalue weighted by molar-refractivity contribution is 7.94. The lowest BCUT2D eigenvalue weighted by Crippen LogP contribution is -1.74. The first-order valence-corrected chi connectivity index (χ1v) is 3.89. The second-order valence-electron chi connectivity index (χ2n) is 2.14. The molecule has 0 radical (unpaired) electrons. The highest BCUT2D eigenvalue weighted by Gasteiger charge is 2.12. The van der Waals surface area contributed by atoms with E-state index in [1.165, 1.54) is 12.0 Å². The number of rotatable bonds is 0. The average Bonchev–Trinajstić information content (AvgIpc) is 2.33. The second-order valence-corrected chi connectivity index (χ2v) is 2.83. The quantitative estimate of drug-likeness (QED) is 0.579. The minimum Gasteiger partial charge on any atom is -0.508 e. The maximum atomic E-state index is 9.03. The third kappa shape index (κ3) is 0.827. The fourth-order valence-corrected chi connectivity index (χ4v) is 1.62. The van der Waals surface area contributed by atoms with Crippen LogP contribution in [0.25, 0.3) is 0 Å². The SMILES string of the molecule is Oc1ccc2c(c1)CSO2. The van der Waals surface area contributed by atoms with Gasteiger partial charge in [-0.3, -0.25) is 0 Å². The monoisotopic (exact) mass is 154 g/mol. The Kier molecular flexibility index (Phi) is 1.24. The fourth-order valence-electron chi connectivity index (χ4n) is 0.916. The zero-order valence-electron chi connectivity index (χ0n) is 5.20. The summed E-state index contributed by atoms with van der Waals surface area (Å²) in [6.45, 7) is 0. The summed E-state index contributed by atoms with van der Waals surface area (Å²) in [5, 5.41) is 9.03. The van der Waals surface area contributed by atoms with Gasteiger partial charge in [-0.25, -0.2) is 0 Å². The summed E-state index contributed by atoms with van der Waals surface area (Å²) in [5.74, 6) is 2.02. The van der Waals surface area contributed by atoms with E-state index in [1.807, 2.05) is 0 Å². The van der Waals surface area contributed by atoms with E-state index in [2.05, 4.69) is 0 Å². The van der Waals surface area contributed by atoms with Gasteiger partial charge in [-0.2, -0.15) is 0 Å². The van der Waals surface area contributed by atoms with Crippen LogP contribution < -0.4 is 4.18 Å². The van der Waals surface area contributed by atoms with Crippen molar-refractivity contribution < 1.29 is 9.29 Å². The van der Waals surface area contributed by atoms with Crippen LogP contribution in [0.15, 0.2) is 18.2 Å². The molecule has 2 nitrogen and oxygen atoms in total. The Labute approximate surface area is 63.0 Å². The first-order chi connectivity index (χ1) is 4.86. The van der Waals surface area contributed by atoms with Gasteiger partial charge in [0.1, 0.15) is 11.5 Å². The van der Waals surface area contributed by atoms with Crippen LogP contribution >= 0.6 is 12.0 Å². The van der Waals surface area contributed by atoms with Gasteiger partial charge in [0, 0.05) is 5.56 Å². The zero-order valence-corrected chi connectivity index (χ0v) is 6.02. The molecule has 0 amide bonds. The van der Waals surface area contributed by atoms with E-state index in [9.17, 15) is 0 Å². The Morgan fingerprint density at radius 2 is 2.40 bits per heavy atom. The molecule has 0 saturated carbocycles. The first kappa shape index (κ1) is 5.92. The number of phenols is 1. The molecule has 1 aliphatic heterocycles. The minimum atomic E-state index is 0.310. The summed E-state index contributed by atoms with van der Waals surface area (Å²) in [4.78, 5) is 0. The molecule has 1 aliphatic rings. The van der Waals surface area contributed by atoms with Crippen molar-refractivity contribution in [1.82, 2.24) is 0 Å². The van der Waals surface area contributed by atoms with Crippen LogP contribution in [-0.4, -0.2) is 5.11 Å². The van der Waals surface area contributed by atoms with E-state index in [4.69, 9.17) is 9.29 Å². The van der Waals surface area contributed by atoms with Gasteiger partial charge in [-0.15, -0.1) is 0 Å². The van der Waals surface area contributed by atoms with Gasteiger partial charge in [-0.1, -0.05) is 0 Å². The summed E-state index contributed by atoms with van der Waals surface area (Å²) in [6, 6.07) is 5.14. The van der Waals surface area contributed by atoms with Crippen LogP contribution in [0.1, 0.15) is 5.56 Å². The molecule has 52 valence electrons. The number of aromatic hydroxyl groups is 1. The maximum Gasteiger partial charge on any atom is 0.141 e. The lowest BCUT2D eigenvalue weighted by molar-refractivity contribution is 0.474. The van der Waals surface area contributed by atoms with Crippen LogP contribution in [0.5, 0.6) is 11.5 Å². The third-order valence-corrected chi connectivity index (χ3v) is 2.13. The van der Waals surface area contributed by atoms with Crippen molar-refractivity contribution in [2.45, 2.75) is 5.75 Å². The molecule has 0 bridgehead atoms. The van der Waals surface area contributed by atoms with Crippen molar-refractivity contribution in [1.29, 1.82) is 0 Å². The molecule has 10 heavy (non-hydrogen) atoms. The molecule has 2 rings (SSSR count). The van der Waals surface area contributed by atoms with Crippen molar-refractivity contribution in [3.8, 4) is 11.5 Å². The van der Waals surface area contributed by atoms with Crippen LogP contribution in [0.3, 0.4) is 0 Å². The van der Waals surface area contributed by atoms with Gasteiger partial charge in [0.15, 0.2) is 0 Å². The van der Waals surface area contributed by atoms with Gasteiger partial charge < -0.3 is 9.29 Å². The van der Waals surface area contributed by atoms with E-state index >= 15 is 0 Å². The van der Waals surface area contributed by atoms with E-state index in [0.29, 0.717) is 5.75 Å². The summed E-state index contributed by atoms with van der Waals surface area (Å²) in [7, 11) is 0. The van der Waals surface area contributed by atoms with E-state index < -0.39 is 0 Å². The molecule has 1 N–H and O–H groups in total. The number of hydrogen-bond donors (Lipinski definition) is 1. The Bertz CT molecular complexity index is 260. The summed E-state index contributed by atoms with van der Waals surface area (Å²) in [6.07, 6.45) is 0. The molecule has 3 heteroatoms. The van der Waals surface area contributed by atoms with Gasteiger partial charge in [0.05, 0.1) is 17.8 Å². The van der Waals surface area contributed by atoms with Gasteiger partial charge in [0.2, 0.25) is 0 Å². The van der Waals surface area contributed by atoms with Crippen molar-refractivity contribution >= 4 is 12.0 Å². The average molecular weight is 154 g/mol. The summed E-state index contributed by atoms with van der Waals surface area (Å²) < 4.78 is 5.16. The molecule has 1 aromatic rings. The van der Waals surface area contributed by atoms with Gasteiger partial charge in [0.25, 0.3) is 0 Å². The predicted octanol–water partition coefficient (Wildman–Crippen LogP) is 1.93. The predicted molar refractivity (Wildman–Crippen MR) is 40.0 cm³/mol. The lowest BCUT2D eigenvalue weighted by atomic mass is 10.2. The van der Waals surface area contributed by atoms with Crippen molar-refractivity contribution in [3.63, 3.8) is 0 Å². The first-order valence-electron chi connectivity index (χ1n) is 2.97. The smallest absolute Gasteiger partial charge is 0.141 e. The summed E-state index contributed by atoms with van der Waals surface area (Å²) in [5.41, 5.74) is 1.07. The molecule has 0 saturated heterocycles.